The molecule has 12 heteroatoms. The highest BCUT2D eigenvalue weighted by molar-refractivity contribution is 5.97. The molecule has 5 amide bonds. The summed E-state index contributed by atoms with van der Waals surface area (Å²) in [4.78, 5) is 51.8. The molecule has 1 rings (SSSR count). The SMILES string of the molecule is CC(C)C(N)C(=O)N[C@@H](CCCNC(N)=O)C(=O)Nc1ccc(COC(=O)N(C)CCN(C)C)cc1. The third-order valence-electron chi connectivity index (χ3n) is 5.40. The molecule has 0 aliphatic carbocycles. The summed E-state index contributed by atoms with van der Waals surface area (Å²) in [6.45, 7) is 5.27. The van der Waals surface area contributed by atoms with Crippen molar-refractivity contribution in [1.29, 1.82) is 0 Å². The van der Waals surface area contributed by atoms with Gasteiger partial charge in [0, 0.05) is 32.4 Å². The van der Waals surface area contributed by atoms with Crippen molar-refractivity contribution in [2.24, 2.45) is 17.4 Å². The van der Waals surface area contributed by atoms with Crippen LogP contribution in [0, 0.1) is 5.92 Å². The van der Waals surface area contributed by atoms with Gasteiger partial charge in [-0.1, -0.05) is 26.0 Å². The first-order chi connectivity index (χ1) is 16.9. The molecule has 0 aliphatic rings. The minimum Gasteiger partial charge on any atom is -0.445 e. The Morgan fingerprint density at radius 3 is 2.19 bits per heavy atom. The Balaban J connectivity index is 2.70. The summed E-state index contributed by atoms with van der Waals surface area (Å²) in [7, 11) is 5.53. The van der Waals surface area contributed by atoms with Crippen molar-refractivity contribution in [2.75, 3.05) is 46.1 Å². The van der Waals surface area contributed by atoms with Crippen molar-refractivity contribution in [3.63, 3.8) is 0 Å². The Kier molecular flexibility index (Phi) is 13.3. The second-order valence-corrected chi connectivity index (χ2v) is 9.23. The summed E-state index contributed by atoms with van der Waals surface area (Å²) in [6.07, 6.45) is 0.280. The van der Waals surface area contributed by atoms with Gasteiger partial charge in [0.2, 0.25) is 11.8 Å². The third-order valence-corrected chi connectivity index (χ3v) is 5.40. The molecule has 0 bridgehead atoms. The second-order valence-electron chi connectivity index (χ2n) is 9.23. The van der Waals surface area contributed by atoms with E-state index in [4.69, 9.17) is 16.2 Å². The number of ether oxygens (including phenoxy) is 1. The first-order valence-electron chi connectivity index (χ1n) is 11.9. The zero-order chi connectivity index (χ0) is 27.3. The summed E-state index contributed by atoms with van der Waals surface area (Å²) in [6, 6.07) is 4.58. The molecular formula is C24H41N7O5. The first-order valence-corrected chi connectivity index (χ1v) is 11.9. The van der Waals surface area contributed by atoms with E-state index >= 15 is 0 Å². The van der Waals surface area contributed by atoms with E-state index in [-0.39, 0.29) is 25.5 Å². The van der Waals surface area contributed by atoms with Crippen LogP contribution in [0.3, 0.4) is 0 Å². The maximum Gasteiger partial charge on any atom is 0.409 e. The van der Waals surface area contributed by atoms with E-state index in [9.17, 15) is 19.2 Å². The lowest BCUT2D eigenvalue weighted by atomic mass is 10.0. The third kappa shape index (κ3) is 11.8. The molecule has 1 aromatic carbocycles. The lowest BCUT2D eigenvalue weighted by Crippen LogP contribution is -2.51. The van der Waals surface area contributed by atoms with Gasteiger partial charge in [-0.2, -0.15) is 0 Å². The van der Waals surface area contributed by atoms with E-state index in [1.54, 1.807) is 31.3 Å². The summed E-state index contributed by atoms with van der Waals surface area (Å²) >= 11 is 0. The van der Waals surface area contributed by atoms with Crippen molar-refractivity contribution in [3.05, 3.63) is 29.8 Å². The molecule has 0 aliphatic heterocycles. The van der Waals surface area contributed by atoms with E-state index < -0.39 is 36.0 Å². The van der Waals surface area contributed by atoms with Gasteiger partial charge in [-0.25, -0.2) is 9.59 Å². The van der Waals surface area contributed by atoms with Crippen molar-refractivity contribution in [2.45, 2.75) is 45.4 Å². The standard InChI is InChI=1S/C24H41N7O5/c1-16(2)20(25)22(33)29-19(7-6-12-27-23(26)34)21(32)28-18-10-8-17(9-11-18)15-36-24(35)31(5)14-13-30(3)4/h8-11,16,19-20H,6-7,12-15,25H2,1-5H3,(H,28,32)(H,29,33)(H3,26,27,34)/t19-,20?/m0/s1. The molecule has 1 aromatic rings. The minimum absolute atomic E-state index is 0.0952. The Morgan fingerprint density at radius 1 is 1.00 bits per heavy atom. The van der Waals surface area contributed by atoms with Gasteiger partial charge in [-0.15, -0.1) is 0 Å². The van der Waals surface area contributed by atoms with Gasteiger partial charge in [-0.05, 0) is 50.6 Å². The lowest BCUT2D eigenvalue weighted by Gasteiger charge is -2.22. The smallest absolute Gasteiger partial charge is 0.409 e. The van der Waals surface area contributed by atoms with Gasteiger partial charge in [0.1, 0.15) is 12.6 Å². The van der Waals surface area contributed by atoms with Crippen LogP contribution in [0.25, 0.3) is 0 Å². The van der Waals surface area contributed by atoms with Crippen molar-refractivity contribution in [3.8, 4) is 0 Å². The highest BCUT2D eigenvalue weighted by Crippen LogP contribution is 2.13. The average Bonchev–Trinajstić information content (AvgIpc) is 2.82. The Labute approximate surface area is 213 Å². The molecule has 202 valence electrons. The van der Waals surface area contributed by atoms with Gasteiger partial charge >= 0.3 is 12.1 Å². The van der Waals surface area contributed by atoms with E-state index in [1.807, 2.05) is 32.8 Å². The zero-order valence-corrected chi connectivity index (χ0v) is 21.9. The van der Waals surface area contributed by atoms with E-state index in [1.165, 1.54) is 4.90 Å². The number of primary amides is 1. The Hall–Kier alpha value is -3.38. The number of nitrogens with two attached hydrogens (primary N) is 2. The van der Waals surface area contributed by atoms with Crippen molar-refractivity contribution < 1.29 is 23.9 Å². The number of anilines is 1. The van der Waals surface area contributed by atoms with E-state index in [0.717, 1.165) is 12.1 Å². The topological polar surface area (TPSA) is 172 Å². The van der Waals surface area contributed by atoms with Crippen molar-refractivity contribution >= 4 is 29.6 Å². The number of carbonyl (C=O) groups is 4. The summed E-state index contributed by atoms with van der Waals surface area (Å²) < 4.78 is 5.32. The number of benzene rings is 1. The predicted octanol–water partition coefficient (Wildman–Crippen LogP) is 0.672. The summed E-state index contributed by atoms with van der Waals surface area (Å²) in [5.74, 6) is -0.944. The normalized spacial score (nSPS) is 12.6. The molecule has 0 aromatic heterocycles. The number of nitrogens with one attached hydrogen (secondary N) is 3. The van der Waals surface area contributed by atoms with Crippen LogP contribution in [0.2, 0.25) is 0 Å². The fourth-order valence-electron chi connectivity index (χ4n) is 2.97. The molecule has 7 N–H and O–H groups in total. The molecule has 1 unspecified atom stereocenters. The van der Waals surface area contributed by atoms with Crippen LogP contribution in [0.1, 0.15) is 32.3 Å². The number of hydrogen-bond donors (Lipinski definition) is 5. The van der Waals surface area contributed by atoms with Gasteiger partial charge in [-0.3, -0.25) is 9.59 Å². The lowest BCUT2D eigenvalue weighted by molar-refractivity contribution is -0.128. The zero-order valence-electron chi connectivity index (χ0n) is 21.9. The molecule has 0 saturated carbocycles. The van der Waals surface area contributed by atoms with Crippen molar-refractivity contribution in [1.82, 2.24) is 20.4 Å². The molecular weight excluding hydrogens is 466 g/mol. The number of rotatable bonds is 14. The van der Waals surface area contributed by atoms with Crippen LogP contribution < -0.4 is 27.4 Å². The molecule has 2 atom stereocenters. The Bertz CT molecular complexity index is 861. The van der Waals surface area contributed by atoms with Gasteiger partial charge in [0.05, 0.1) is 6.04 Å². The number of likely N-dealkylation sites (N-methyl/N-ethyl adjacent to an activating group) is 2. The number of amides is 5. The summed E-state index contributed by atoms with van der Waals surface area (Å²) in [5, 5.41) is 7.93. The van der Waals surface area contributed by atoms with Crippen LogP contribution in [-0.2, 0) is 20.9 Å². The maximum absolute atomic E-state index is 12.9. The number of nitrogens with zero attached hydrogens (tertiary/aromatic N) is 2. The predicted molar refractivity (Wildman–Crippen MR) is 138 cm³/mol. The molecule has 0 spiro atoms. The van der Waals surface area contributed by atoms with Crippen LogP contribution in [0.15, 0.2) is 24.3 Å². The van der Waals surface area contributed by atoms with Gasteiger partial charge in [0.15, 0.2) is 0 Å². The maximum atomic E-state index is 12.9. The molecule has 36 heavy (non-hydrogen) atoms. The van der Waals surface area contributed by atoms with E-state index in [0.29, 0.717) is 18.7 Å². The number of urea groups is 1. The highest BCUT2D eigenvalue weighted by Gasteiger charge is 2.25. The fraction of sp³-hybridized carbons (Fsp3) is 0.583. The van der Waals surface area contributed by atoms with Gasteiger partial charge < -0.3 is 42.0 Å². The van der Waals surface area contributed by atoms with E-state index in [2.05, 4.69) is 16.0 Å². The first kappa shape index (κ1) is 30.7. The van der Waals surface area contributed by atoms with Crippen LogP contribution in [0.5, 0.6) is 0 Å². The second kappa shape index (κ2) is 15.6. The molecule has 0 radical (unpaired) electrons. The van der Waals surface area contributed by atoms with Crippen LogP contribution in [0.4, 0.5) is 15.3 Å². The molecule has 12 nitrogen and oxygen atoms in total. The minimum atomic E-state index is -0.852. The average molecular weight is 508 g/mol. The largest absolute Gasteiger partial charge is 0.445 e. The Morgan fingerprint density at radius 2 is 1.64 bits per heavy atom. The van der Waals surface area contributed by atoms with Crippen LogP contribution >= 0.6 is 0 Å². The monoisotopic (exact) mass is 507 g/mol. The van der Waals surface area contributed by atoms with Gasteiger partial charge in [0.25, 0.3) is 0 Å². The summed E-state index contributed by atoms with van der Waals surface area (Å²) in [5.41, 5.74) is 12.3. The molecule has 0 saturated heterocycles. The molecule has 0 fully saturated rings. The number of carbonyl (C=O) groups excluding carboxylic acids is 4. The quantitative estimate of drug-likeness (QED) is 0.230. The fourth-order valence-corrected chi connectivity index (χ4v) is 2.97. The van der Waals surface area contributed by atoms with Crippen LogP contribution in [-0.4, -0.2) is 86.6 Å². The molecule has 0 heterocycles. The number of hydrogen-bond acceptors (Lipinski definition) is 7. The highest BCUT2D eigenvalue weighted by atomic mass is 16.6.